The average molecular weight is 291 g/mol. The summed E-state index contributed by atoms with van der Waals surface area (Å²) in [5.41, 5.74) is 7.13. The molecule has 1 aromatic carbocycles. The first-order valence-corrected chi connectivity index (χ1v) is 7.49. The van der Waals surface area contributed by atoms with E-state index < -0.39 is 0 Å². The molecule has 1 aliphatic rings. The van der Waals surface area contributed by atoms with Crippen LogP contribution in [0, 0.1) is 5.92 Å². The van der Waals surface area contributed by atoms with Crippen LogP contribution >= 0.6 is 11.3 Å². The standard InChI is InChI=1S/C14H17N3O2S/c1-8-4-5-17(11(8)7-18)13(19)9-2-3-10-12(6-9)20-14(15)16-10/h2-3,6,8,11,18H,4-5,7H2,1H3,(H2,15,16). The summed E-state index contributed by atoms with van der Waals surface area (Å²) in [7, 11) is 0. The van der Waals surface area contributed by atoms with E-state index in [-0.39, 0.29) is 18.6 Å². The number of rotatable bonds is 2. The summed E-state index contributed by atoms with van der Waals surface area (Å²) in [5.74, 6) is 0.314. The number of thiazole rings is 1. The Morgan fingerprint density at radius 1 is 1.60 bits per heavy atom. The van der Waals surface area contributed by atoms with Crippen molar-refractivity contribution in [2.45, 2.75) is 19.4 Å². The molecule has 0 radical (unpaired) electrons. The number of benzene rings is 1. The van der Waals surface area contributed by atoms with E-state index in [0.717, 1.165) is 16.6 Å². The molecule has 0 bridgehead atoms. The number of carbonyl (C=O) groups excluding carboxylic acids is 1. The predicted molar refractivity (Wildman–Crippen MR) is 79.7 cm³/mol. The van der Waals surface area contributed by atoms with Gasteiger partial charge in [0.2, 0.25) is 0 Å². The van der Waals surface area contributed by atoms with Crippen LogP contribution < -0.4 is 5.73 Å². The van der Waals surface area contributed by atoms with Crippen molar-refractivity contribution in [1.29, 1.82) is 0 Å². The van der Waals surface area contributed by atoms with Gasteiger partial charge in [-0.2, -0.15) is 0 Å². The van der Waals surface area contributed by atoms with Crippen molar-refractivity contribution >= 4 is 32.6 Å². The molecule has 20 heavy (non-hydrogen) atoms. The monoisotopic (exact) mass is 291 g/mol. The average Bonchev–Trinajstić information content (AvgIpc) is 2.98. The summed E-state index contributed by atoms with van der Waals surface area (Å²) >= 11 is 1.38. The van der Waals surface area contributed by atoms with Gasteiger partial charge in [-0.05, 0) is 30.5 Å². The number of fused-ring (bicyclic) bond motifs is 1. The van der Waals surface area contributed by atoms with Crippen molar-refractivity contribution in [3.63, 3.8) is 0 Å². The van der Waals surface area contributed by atoms with Gasteiger partial charge in [0, 0.05) is 12.1 Å². The minimum Gasteiger partial charge on any atom is -0.394 e. The number of anilines is 1. The first kappa shape index (κ1) is 13.3. The highest BCUT2D eigenvalue weighted by atomic mass is 32.1. The lowest BCUT2D eigenvalue weighted by atomic mass is 10.0. The molecule has 1 aliphatic heterocycles. The third kappa shape index (κ3) is 2.14. The third-order valence-electron chi connectivity index (χ3n) is 3.98. The van der Waals surface area contributed by atoms with Gasteiger partial charge in [-0.25, -0.2) is 4.98 Å². The van der Waals surface area contributed by atoms with E-state index in [0.29, 0.717) is 23.2 Å². The van der Waals surface area contributed by atoms with Gasteiger partial charge in [-0.15, -0.1) is 0 Å². The number of carbonyl (C=O) groups is 1. The van der Waals surface area contributed by atoms with E-state index in [1.165, 1.54) is 11.3 Å². The Morgan fingerprint density at radius 3 is 3.15 bits per heavy atom. The van der Waals surface area contributed by atoms with Gasteiger partial charge in [0.15, 0.2) is 5.13 Å². The molecule has 1 fully saturated rings. The second-order valence-electron chi connectivity index (χ2n) is 5.25. The van der Waals surface area contributed by atoms with Gasteiger partial charge in [-0.1, -0.05) is 18.3 Å². The van der Waals surface area contributed by atoms with Gasteiger partial charge in [-0.3, -0.25) is 4.79 Å². The zero-order valence-electron chi connectivity index (χ0n) is 11.2. The number of nitrogen functional groups attached to an aromatic ring is 1. The van der Waals surface area contributed by atoms with Crippen molar-refractivity contribution in [1.82, 2.24) is 9.88 Å². The molecule has 1 saturated heterocycles. The Labute approximate surface area is 121 Å². The highest BCUT2D eigenvalue weighted by molar-refractivity contribution is 7.22. The van der Waals surface area contributed by atoms with E-state index >= 15 is 0 Å². The molecule has 3 rings (SSSR count). The lowest BCUT2D eigenvalue weighted by Gasteiger charge is -2.25. The fourth-order valence-electron chi connectivity index (χ4n) is 2.78. The van der Waals surface area contributed by atoms with Gasteiger partial charge >= 0.3 is 0 Å². The fourth-order valence-corrected chi connectivity index (χ4v) is 3.55. The summed E-state index contributed by atoms with van der Waals surface area (Å²) in [6.45, 7) is 2.79. The molecule has 1 amide bonds. The molecule has 0 saturated carbocycles. The zero-order chi connectivity index (χ0) is 14.3. The molecule has 106 valence electrons. The van der Waals surface area contributed by atoms with Crippen molar-refractivity contribution in [2.24, 2.45) is 5.92 Å². The second kappa shape index (κ2) is 5.03. The van der Waals surface area contributed by atoms with Crippen molar-refractivity contribution in [2.75, 3.05) is 18.9 Å². The van der Waals surface area contributed by atoms with Crippen LogP contribution in [-0.2, 0) is 0 Å². The Hall–Kier alpha value is -1.66. The zero-order valence-corrected chi connectivity index (χ0v) is 12.1. The molecule has 0 aliphatic carbocycles. The smallest absolute Gasteiger partial charge is 0.254 e. The second-order valence-corrected chi connectivity index (χ2v) is 6.31. The van der Waals surface area contributed by atoms with Crippen molar-refractivity contribution < 1.29 is 9.90 Å². The van der Waals surface area contributed by atoms with E-state index in [1.807, 2.05) is 12.1 Å². The van der Waals surface area contributed by atoms with E-state index in [1.54, 1.807) is 11.0 Å². The normalized spacial score (nSPS) is 22.6. The van der Waals surface area contributed by atoms with Crippen molar-refractivity contribution in [3.8, 4) is 0 Å². The van der Waals surface area contributed by atoms with Gasteiger partial charge in [0.1, 0.15) is 0 Å². The van der Waals surface area contributed by atoms with Crippen LogP contribution in [0.2, 0.25) is 0 Å². The maximum Gasteiger partial charge on any atom is 0.254 e. The topological polar surface area (TPSA) is 79.5 Å². The Morgan fingerprint density at radius 2 is 2.40 bits per heavy atom. The summed E-state index contributed by atoms with van der Waals surface area (Å²) in [5, 5.41) is 9.97. The Kier molecular flexibility index (Phi) is 3.35. The molecule has 1 aromatic heterocycles. The molecule has 3 N–H and O–H groups in total. The highest BCUT2D eigenvalue weighted by Crippen LogP contribution is 2.28. The number of likely N-dealkylation sites (tertiary alicyclic amines) is 1. The minimum absolute atomic E-state index is 0.0165. The van der Waals surface area contributed by atoms with Crippen LogP contribution in [0.25, 0.3) is 10.2 Å². The fraction of sp³-hybridized carbons (Fsp3) is 0.429. The maximum atomic E-state index is 12.6. The van der Waals surface area contributed by atoms with Crippen LogP contribution in [0.1, 0.15) is 23.7 Å². The maximum absolute atomic E-state index is 12.6. The van der Waals surface area contributed by atoms with Gasteiger partial charge in [0.25, 0.3) is 5.91 Å². The van der Waals surface area contributed by atoms with Gasteiger partial charge < -0.3 is 15.7 Å². The summed E-state index contributed by atoms with van der Waals surface area (Å²) in [4.78, 5) is 18.5. The SMILES string of the molecule is CC1CCN(C(=O)c2ccc3nc(N)sc3c2)C1CO. The van der Waals surface area contributed by atoms with Crippen LogP contribution in [-0.4, -0.2) is 40.1 Å². The molecule has 0 spiro atoms. The van der Waals surface area contributed by atoms with Crippen LogP contribution in [0.5, 0.6) is 0 Å². The predicted octanol–water partition coefficient (Wildman–Crippen LogP) is 1.72. The Bertz CT molecular complexity index is 655. The molecule has 2 atom stereocenters. The van der Waals surface area contributed by atoms with Crippen LogP contribution in [0.3, 0.4) is 0 Å². The number of aliphatic hydroxyl groups excluding tert-OH is 1. The number of hydrogen-bond donors (Lipinski definition) is 2. The number of aromatic nitrogens is 1. The largest absolute Gasteiger partial charge is 0.394 e. The molecular formula is C14H17N3O2S. The minimum atomic E-state index is -0.0790. The molecule has 2 unspecified atom stereocenters. The first-order valence-electron chi connectivity index (χ1n) is 6.68. The lowest BCUT2D eigenvalue weighted by molar-refractivity contribution is 0.0648. The molecular weight excluding hydrogens is 274 g/mol. The van der Waals surface area contributed by atoms with E-state index in [9.17, 15) is 9.90 Å². The molecule has 6 heteroatoms. The third-order valence-corrected chi connectivity index (χ3v) is 4.83. The van der Waals surface area contributed by atoms with E-state index in [4.69, 9.17) is 5.73 Å². The number of aliphatic hydroxyl groups is 1. The number of amides is 1. The number of nitrogens with two attached hydrogens (primary N) is 1. The van der Waals surface area contributed by atoms with Crippen molar-refractivity contribution in [3.05, 3.63) is 23.8 Å². The number of nitrogens with zero attached hydrogens (tertiary/aromatic N) is 2. The summed E-state index contributed by atoms with van der Waals surface area (Å²) < 4.78 is 0.918. The molecule has 2 heterocycles. The van der Waals surface area contributed by atoms with Crippen LogP contribution in [0.4, 0.5) is 5.13 Å². The lowest BCUT2D eigenvalue weighted by Crippen LogP contribution is -2.39. The molecule has 5 nitrogen and oxygen atoms in total. The van der Waals surface area contributed by atoms with E-state index in [2.05, 4.69) is 11.9 Å². The number of hydrogen-bond acceptors (Lipinski definition) is 5. The summed E-state index contributed by atoms with van der Waals surface area (Å²) in [6.07, 6.45) is 0.937. The van der Waals surface area contributed by atoms with Crippen LogP contribution in [0.15, 0.2) is 18.2 Å². The highest BCUT2D eigenvalue weighted by Gasteiger charge is 2.34. The molecule has 2 aromatic rings. The summed E-state index contributed by atoms with van der Waals surface area (Å²) in [6, 6.07) is 5.36. The Balaban J connectivity index is 1.92. The van der Waals surface area contributed by atoms with Gasteiger partial charge in [0.05, 0.1) is 22.9 Å². The first-order chi connectivity index (χ1) is 9.60. The quantitative estimate of drug-likeness (QED) is 0.883.